The number of aromatic nitrogens is 2. The number of halogens is 4. The largest absolute Gasteiger partial charge is 0.289 e. The van der Waals surface area contributed by atoms with Gasteiger partial charge in [0, 0.05) is 30.6 Å². The third-order valence-electron chi connectivity index (χ3n) is 2.88. The van der Waals surface area contributed by atoms with Gasteiger partial charge in [0.2, 0.25) is 0 Å². The van der Waals surface area contributed by atoms with E-state index in [1.54, 1.807) is 13.8 Å². The topological polar surface area (TPSA) is 17.8 Å². The van der Waals surface area contributed by atoms with E-state index in [1.165, 1.54) is 4.68 Å². The van der Waals surface area contributed by atoms with Crippen LogP contribution in [0.1, 0.15) is 43.8 Å². The number of fused-ring (bicyclic) bond motifs is 1. The molecule has 1 aromatic rings. The molecule has 6 heteroatoms. The summed E-state index contributed by atoms with van der Waals surface area (Å²) >= 11 is 0. The highest BCUT2D eigenvalue weighted by Gasteiger charge is 2.46. The predicted molar refractivity (Wildman–Crippen MR) is 54.5 cm³/mol. The monoisotopic (exact) mass is 250 g/mol. The van der Waals surface area contributed by atoms with E-state index in [0.717, 1.165) is 0 Å². The van der Waals surface area contributed by atoms with Crippen LogP contribution in [-0.2, 0) is 18.8 Å². The van der Waals surface area contributed by atoms with Crippen LogP contribution in [0.25, 0.3) is 0 Å². The van der Waals surface area contributed by atoms with E-state index in [2.05, 4.69) is 5.10 Å². The van der Waals surface area contributed by atoms with Crippen molar-refractivity contribution >= 4 is 0 Å². The van der Waals surface area contributed by atoms with Gasteiger partial charge in [-0.15, -0.1) is 0 Å². The van der Waals surface area contributed by atoms with Crippen molar-refractivity contribution in [3.05, 3.63) is 17.0 Å². The Morgan fingerprint density at radius 3 is 2.35 bits per heavy atom. The van der Waals surface area contributed by atoms with Gasteiger partial charge in [-0.25, -0.2) is 8.78 Å². The third kappa shape index (κ3) is 2.05. The fourth-order valence-electron chi connectivity index (χ4n) is 2.22. The van der Waals surface area contributed by atoms with Crippen LogP contribution in [0, 0.1) is 0 Å². The van der Waals surface area contributed by atoms with Crippen LogP contribution >= 0.6 is 0 Å². The average molecular weight is 250 g/mol. The number of hydrogen-bond donors (Lipinski definition) is 0. The first-order chi connectivity index (χ1) is 7.62. The summed E-state index contributed by atoms with van der Waals surface area (Å²) in [6, 6.07) is -0.200. The Kier molecular flexibility index (Phi) is 2.52. The van der Waals surface area contributed by atoms with Gasteiger partial charge in [-0.1, -0.05) is 0 Å². The van der Waals surface area contributed by atoms with E-state index in [0.29, 0.717) is 6.92 Å². The Hall–Kier alpha value is -1.07. The lowest BCUT2D eigenvalue weighted by Gasteiger charge is -2.13. The number of nitrogens with zero attached hydrogens (tertiary/aromatic N) is 2. The van der Waals surface area contributed by atoms with Crippen molar-refractivity contribution in [1.82, 2.24) is 9.78 Å². The summed E-state index contributed by atoms with van der Waals surface area (Å²) in [4.78, 5) is 0. The fraction of sp³-hybridized carbons (Fsp3) is 0.727. The quantitative estimate of drug-likeness (QED) is 0.736. The third-order valence-corrected chi connectivity index (χ3v) is 2.88. The highest BCUT2D eigenvalue weighted by Crippen LogP contribution is 2.41. The molecule has 1 aliphatic carbocycles. The van der Waals surface area contributed by atoms with Crippen LogP contribution in [0.15, 0.2) is 0 Å². The SMILES string of the molecule is CC(C)n1nc(C(C)(F)F)c2c1CC(F)(F)C2. The van der Waals surface area contributed by atoms with E-state index in [4.69, 9.17) is 0 Å². The van der Waals surface area contributed by atoms with Gasteiger partial charge in [-0.05, 0) is 13.8 Å². The summed E-state index contributed by atoms with van der Waals surface area (Å²) in [5.74, 6) is -6.10. The molecule has 1 heterocycles. The van der Waals surface area contributed by atoms with Crippen molar-refractivity contribution in [1.29, 1.82) is 0 Å². The van der Waals surface area contributed by atoms with Crippen LogP contribution in [0.4, 0.5) is 17.6 Å². The highest BCUT2D eigenvalue weighted by atomic mass is 19.3. The van der Waals surface area contributed by atoms with Crippen LogP contribution in [0.2, 0.25) is 0 Å². The smallest absolute Gasteiger partial charge is 0.266 e. The summed E-state index contributed by atoms with van der Waals surface area (Å²) in [6.45, 7) is 4.17. The molecular weight excluding hydrogens is 236 g/mol. The summed E-state index contributed by atoms with van der Waals surface area (Å²) < 4.78 is 54.5. The zero-order valence-electron chi connectivity index (χ0n) is 9.90. The molecule has 0 radical (unpaired) electrons. The lowest BCUT2D eigenvalue weighted by molar-refractivity contribution is 0.000526. The zero-order chi connectivity index (χ0) is 13.0. The molecule has 2 rings (SSSR count). The maximum Gasteiger partial charge on any atom is 0.289 e. The van der Waals surface area contributed by atoms with Crippen molar-refractivity contribution in [3.63, 3.8) is 0 Å². The molecule has 1 aliphatic rings. The molecule has 0 amide bonds. The minimum atomic E-state index is -3.18. The fourth-order valence-corrected chi connectivity index (χ4v) is 2.22. The summed E-state index contributed by atoms with van der Waals surface area (Å²) in [6.07, 6.45) is -1.13. The maximum atomic E-state index is 13.3. The molecule has 0 spiro atoms. The minimum absolute atomic E-state index is 0.0243. The number of hydrogen-bond acceptors (Lipinski definition) is 1. The van der Waals surface area contributed by atoms with E-state index in [-0.39, 0.29) is 17.3 Å². The van der Waals surface area contributed by atoms with Gasteiger partial charge >= 0.3 is 0 Å². The van der Waals surface area contributed by atoms with Crippen LogP contribution in [0.3, 0.4) is 0 Å². The molecule has 96 valence electrons. The molecule has 0 unspecified atom stereocenters. The Balaban J connectivity index is 2.56. The average Bonchev–Trinajstić information content (AvgIpc) is 2.54. The molecule has 0 saturated carbocycles. The first kappa shape index (κ1) is 12.4. The van der Waals surface area contributed by atoms with Gasteiger partial charge in [-0.2, -0.15) is 13.9 Å². The van der Waals surface area contributed by atoms with Gasteiger partial charge in [0.25, 0.3) is 11.8 Å². The van der Waals surface area contributed by atoms with Gasteiger partial charge in [0.1, 0.15) is 5.69 Å². The lowest BCUT2D eigenvalue weighted by atomic mass is 10.1. The first-order valence-corrected chi connectivity index (χ1v) is 5.48. The van der Waals surface area contributed by atoms with Crippen molar-refractivity contribution < 1.29 is 17.6 Å². The van der Waals surface area contributed by atoms with E-state index < -0.39 is 30.4 Å². The minimum Gasteiger partial charge on any atom is -0.266 e. The molecule has 2 nitrogen and oxygen atoms in total. The molecule has 0 aromatic carbocycles. The summed E-state index contributed by atoms with van der Waals surface area (Å²) in [7, 11) is 0. The van der Waals surface area contributed by atoms with Gasteiger partial charge in [-0.3, -0.25) is 4.68 Å². The van der Waals surface area contributed by atoms with E-state index in [1.807, 2.05) is 0 Å². The Morgan fingerprint density at radius 1 is 1.29 bits per heavy atom. The molecular formula is C11H14F4N2. The summed E-state index contributed by atoms with van der Waals surface area (Å²) in [5.41, 5.74) is -0.226. The van der Waals surface area contributed by atoms with E-state index >= 15 is 0 Å². The van der Waals surface area contributed by atoms with Crippen molar-refractivity contribution in [2.75, 3.05) is 0 Å². The molecule has 0 saturated heterocycles. The molecule has 0 atom stereocenters. The van der Waals surface area contributed by atoms with Crippen LogP contribution in [0.5, 0.6) is 0 Å². The van der Waals surface area contributed by atoms with Gasteiger partial charge in [0.05, 0.1) is 6.42 Å². The standard InChI is InChI=1S/C11H14F4N2/c1-6(2)17-8-5-11(14,15)4-7(8)9(16-17)10(3,12)13/h6H,4-5H2,1-3H3. The number of alkyl halides is 4. The molecule has 1 aromatic heterocycles. The van der Waals surface area contributed by atoms with Crippen molar-refractivity contribution in [2.45, 2.75) is 51.5 Å². The molecule has 0 aliphatic heterocycles. The Labute approximate surface area is 96.6 Å². The molecule has 0 fully saturated rings. The first-order valence-electron chi connectivity index (χ1n) is 5.48. The van der Waals surface area contributed by atoms with Crippen molar-refractivity contribution in [3.8, 4) is 0 Å². The second kappa shape index (κ2) is 3.46. The zero-order valence-corrected chi connectivity index (χ0v) is 9.90. The van der Waals surface area contributed by atoms with Gasteiger partial charge in [0.15, 0.2) is 0 Å². The van der Waals surface area contributed by atoms with Crippen LogP contribution < -0.4 is 0 Å². The predicted octanol–water partition coefficient (Wildman–Crippen LogP) is 3.31. The highest BCUT2D eigenvalue weighted by molar-refractivity contribution is 5.36. The maximum absolute atomic E-state index is 13.3. The number of rotatable bonds is 2. The lowest BCUT2D eigenvalue weighted by Crippen LogP contribution is -2.20. The molecule has 17 heavy (non-hydrogen) atoms. The van der Waals surface area contributed by atoms with Crippen molar-refractivity contribution in [2.24, 2.45) is 0 Å². The van der Waals surface area contributed by atoms with E-state index in [9.17, 15) is 17.6 Å². The summed E-state index contributed by atoms with van der Waals surface area (Å²) in [5, 5.41) is 3.80. The van der Waals surface area contributed by atoms with Crippen LogP contribution in [-0.4, -0.2) is 15.7 Å². The Bertz CT molecular complexity index is 443. The normalized spacial score (nSPS) is 18.8. The Morgan fingerprint density at radius 2 is 1.88 bits per heavy atom. The molecule has 0 N–H and O–H groups in total. The van der Waals surface area contributed by atoms with Gasteiger partial charge < -0.3 is 0 Å². The second-order valence-corrected chi connectivity index (χ2v) is 4.91. The second-order valence-electron chi connectivity index (χ2n) is 4.91. The molecule has 0 bridgehead atoms.